The lowest BCUT2D eigenvalue weighted by Crippen LogP contribution is -2.33. The first-order chi connectivity index (χ1) is 7.25. The molecule has 0 radical (unpaired) electrons. The van der Waals surface area contributed by atoms with Gasteiger partial charge in [-0.2, -0.15) is 0 Å². The second kappa shape index (κ2) is 2.80. The minimum atomic E-state index is 0.379. The zero-order valence-corrected chi connectivity index (χ0v) is 8.22. The number of nitrogens with zero attached hydrogens (tertiary/aromatic N) is 4. The van der Waals surface area contributed by atoms with E-state index in [1.165, 1.54) is 4.52 Å². The molecule has 0 atom stereocenters. The first-order valence-corrected chi connectivity index (χ1v) is 4.66. The zero-order valence-electron chi connectivity index (χ0n) is 7.46. The van der Waals surface area contributed by atoms with Gasteiger partial charge in [-0.15, -0.1) is 4.85 Å². The van der Waals surface area contributed by atoms with Gasteiger partial charge in [0.05, 0.1) is 12.3 Å². The van der Waals surface area contributed by atoms with Gasteiger partial charge in [0.15, 0.2) is 11.0 Å². The minimum absolute atomic E-state index is 0.379. The summed E-state index contributed by atoms with van der Waals surface area (Å²) < 4.78 is 1.52. The molecule has 2 heterocycles. The van der Waals surface area contributed by atoms with Crippen LogP contribution in [0.4, 0.5) is 0 Å². The second-order valence-electron chi connectivity index (χ2n) is 3.11. The Bertz CT molecular complexity index is 664. The van der Waals surface area contributed by atoms with E-state index < -0.39 is 0 Å². The van der Waals surface area contributed by atoms with Gasteiger partial charge in [0.2, 0.25) is 0 Å². The van der Waals surface area contributed by atoms with Crippen molar-refractivity contribution in [3.05, 3.63) is 40.7 Å². The fourth-order valence-corrected chi connectivity index (χ4v) is 1.69. The number of benzene rings is 1. The molecule has 0 N–H and O–H groups in total. The summed E-state index contributed by atoms with van der Waals surface area (Å²) in [6, 6.07) is 6.70. The van der Waals surface area contributed by atoms with E-state index in [0.29, 0.717) is 21.0 Å². The van der Waals surface area contributed by atoms with Gasteiger partial charge >= 0.3 is 5.65 Å². The Labute approximate surface area is 89.1 Å². The van der Waals surface area contributed by atoms with Crippen LogP contribution >= 0.6 is 11.6 Å². The Morgan fingerprint density at radius 1 is 1.33 bits per heavy atom. The van der Waals surface area contributed by atoms with Gasteiger partial charge in [0.25, 0.3) is 0 Å². The largest absolute Gasteiger partial charge is 0.691 e. The van der Waals surface area contributed by atoms with Crippen molar-refractivity contribution >= 4 is 28.3 Å². The predicted molar refractivity (Wildman–Crippen MR) is 54.5 cm³/mol. The molecular formula is C9H5ClN4O. The Morgan fingerprint density at radius 2 is 2.20 bits per heavy atom. The fraction of sp³-hybridized carbons (Fsp3) is 0. The van der Waals surface area contributed by atoms with Crippen molar-refractivity contribution in [2.75, 3.05) is 0 Å². The van der Waals surface area contributed by atoms with Gasteiger partial charge in [0.1, 0.15) is 0 Å². The number of hydrogen-bond donors (Lipinski definition) is 0. The normalized spacial score (nSPS) is 11.3. The van der Waals surface area contributed by atoms with Crippen LogP contribution < -0.4 is 4.85 Å². The van der Waals surface area contributed by atoms with Gasteiger partial charge in [-0.3, -0.25) is 0 Å². The van der Waals surface area contributed by atoms with E-state index in [9.17, 15) is 5.21 Å². The lowest BCUT2D eigenvalue weighted by Gasteiger charge is -2.02. The molecule has 0 spiro atoms. The third kappa shape index (κ3) is 1.13. The monoisotopic (exact) mass is 220 g/mol. The number of fused-ring (bicyclic) bond motifs is 3. The number of halogens is 1. The summed E-state index contributed by atoms with van der Waals surface area (Å²) in [5.74, 6) is 0. The molecule has 0 amide bonds. The van der Waals surface area contributed by atoms with Crippen molar-refractivity contribution < 1.29 is 4.85 Å². The molecule has 0 aliphatic heterocycles. The lowest BCUT2D eigenvalue weighted by atomic mass is 10.3. The first-order valence-electron chi connectivity index (χ1n) is 4.28. The van der Waals surface area contributed by atoms with E-state index in [1.54, 1.807) is 30.5 Å². The van der Waals surface area contributed by atoms with Crippen molar-refractivity contribution in [1.29, 1.82) is 0 Å². The van der Waals surface area contributed by atoms with Gasteiger partial charge in [-0.1, -0.05) is 26.3 Å². The van der Waals surface area contributed by atoms with Crippen LogP contribution in [0.25, 0.3) is 16.7 Å². The van der Waals surface area contributed by atoms with Crippen molar-refractivity contribution in [3.8, 4) is 0 Å². The van der Waals surface area contributed by atoms with Crippen LogP contribution in [0.15, 0.2) is 30.5 Å². The summed E-state index contributed by atoms with van der Waals surface area (Å²) >= 11 is 5.87. The van der Waals surface area contributed by atoms with E-state index in [4.69, 9.17) is 11.6 Å². The van der Waals surface area contributed by atoms with Gasteiger partial charge in [0, 0.05) is 11.1 Å². The maximum Gasteiger partial charge on any atom is 0.333 e. The summed E-state index contributed by atoms with van der Waals surface area (Å²) in [5, 5.41) is 19.9. The smallest absolute Gasteiger partial charge is 0.333 e. The third-order valence-electron chi connectivity index (χ3n) is 2.18. The summed E-state index contributed by atoms with van der Waals surface area (Å²) in [6.07, 6.45) is 1.55. The molecule has 0 saturated heterocycles. The second-order valence-corrected chi connectivity index (χ2v) is 3.54. The van der Waals surface area contributed by atoms with Crippen LogP contribution in [0.1, 0.15) is 0 Å². The molecule has 5 nitrogen and oxygen atoms in total. The van der Waals surface area contributed by atoms with Gasteiger partial charge in [-0.05, 0) is 12.1 Å². The highest BCUT2D eigenvalue weighted by atomic mass is 35.5. The van der Waals surface area contributed by atoms with Crippen LogP contribution in [0.5, 0.6) is 0 Å². The van der Waals surface area contributed by atoms with Crippen LogP contribution in [-0.2, 0) is 0 Å². The molecule has 6 heteroatoms. The SMILES string of the molecule is [O-][n+]1nc2ccc(Cl)cc2n2nccc21. The molecule has 3 aromatic rings. The maximum absolute atomic E-state index is 11.5. The summed E-state index contributed by atoms with van der Waals surface area (Å²) in [5.41, 5.74) is 1.66. The van der Waals surface area contributed by atoms with E-state index >= 15 is 0 Å². The average Bonchev–Trinajstić information content (AvgIpc) is 2.69. The summed E-state index contributed by atoms with van der Waals surface area (Å²) in [4.78, 5) is 0.545. The average molecular weight is 221 g/mol. The van der Waals surface area contributed by atoms with E-state index in [-0.39, 0.29) is 0 Å². The summed E-state index contributed by atoms with van der Waals surface area (Å²) in [6.45, 7) is 0. The molecule has 0 aliphatic rings. The first kappa shape index (κ1) is 8.43. The standard InChI is InChI=1S/C9H5ClN4O/c10-6-1-2-7-8(5-6)13-9(3-4-11-13)14(15)12-7/h1-5H. The van der Waals surface area contributed by atoms with Crippen molar-refractivity contribution in [1.82, 2.24) is 14.7 Å². The van der Waals surface area contributed by atoms with Crippen LogP contribution in [-0.4, -0.2) is 14.7 Å². The molecule has 0 aliphatic carbocycles. The molecule has 74 valence electrons. The van der Waals surface area contributed by atoms with E-state index in [1.807, 2.05) is 0 Å². The zero-order chi connectivity index (χ0) is 10.4. The van der Waals surface area contributed by atoms with Gasteiger partial charge in [-0.25, -0.2) is 0 Å². The molecule has 1 aromatic carbocycles. The highest BCUT2D eigenvalue weighted by Gasteiger charge is 2.12. The Hall–Kier alpha value is -1.88. The quantitative estimate of drug-likeness (QED) is 0.422. The fourth-order valence-electron chi connectivity index (χ4n) is 1.53. The summed E-state index contributed by atoms with van der Waals surface area (Å²) in [7, 11) is 0. The van der Waals surface area contributed by atoms with E-state index in [2.05, 4.69) is 10.2 Å². The molecule has 0 fully saturated rings. The molecule has 0 bridgehead atoms. The Morgan fingerprint density at radius 3 is 3.07 bits per heavy atom. The van der Waals surface area contributed by atoms with Crippen molar-refractivity contribution in [2.24, 2.45) is 0 Å². The molecule has 15 heavy (non-hydrogen) atoms. The molecular weight excluding hydrogens is 216 g/mol. The van der Waals surface area contributed by atoms with Crippen LogP contribution in [0.2, 0.25) is 5.02 Å². The minimum Gasteiger partial charge on any atom is -0.691 e. The van der Waals surface area contributed by atoms with Crippen molar-refractivity contribution in [3.63, 3.8) is 0 Å². The molecule has 0 saturated carbocycles. The molecule has 0 unspecified atom stereocenters. The topological polar surface area (TPSA) is 57.1 Å². The van der Waals surface area contributed by atoms with Crippen LogP contribution in [0.3, 0.4) is 0 Å². The lowest BCUT2D eigenvalue weighted by molar-refractivity contribution is -0.643. The number of aromatic nitrogens is 4. The van der Waals surface area contributed by atoms with Gasteiger partial charge < -0.3 is 5.21 Å². The number of rotatable bonds is 0. The maximum atomic E-state index is 11.5. The highest BCUT2D eigenvalue weighted by molar-refractivity contribution is 6.31. The third-order valence-corrected chi connectivity index (χ3v) is 2.42. The Balaban J connectivity index is 2.61. The Kier molecular flexibility index (Phi) is 1.58. The molecule has 2 aromatic heterocycles. The highest BCUT2D eigenvalue weighted by Crippen LogP contribution is 2.16. The molecule has 3 rings (SSSR count). The number of hydrogen-bond acceptors (Lipinski definition) is 3. The predicted octanol–water partition coefficient (Wildman–Crippen LogP) is 1.17. The van der Waals surface area contributed by atoms with Crippen LogP contribution in [0, 0.1) is 5.21 Å². The van der Waals surface area contributed by atoms with E-state index in [0.717, 1.165) is 5.52 Å². The van der Waals surface area contributed by atoms with Crippen molar-refractivity contribution in [2.45, 2.75) is 0 Å².